The summed E-state index contributed by atoms with van der Waals surface area (Å²) in [7, 11) is 0. The molecule has 0 bridgehead atoms. The second-order valence-corrected chi connectivity index (χ2v) is 3.78. The summed E-state index contributed by atoms with van der Waals surface area (Å²) in [6, 6.07) is 0.972. The Kier molecular flexibility index (Phi) is 3.61. The van der Waals surface area contributed by atoms with Gasteiger partial charge in [-0.2, -0.15) is 0 Å². The third kappa shape index (κ3) is 2.43. The van der Waals surface area contributed by atoms with Crippen LogP contribution in [0.1, 0.15) is 25.8 Å². The zero-order valence-corrected chi connectivity index (χ0v) is 8.78. The smallest absolute Gasteiger partial charge is 0.184 e. The molecule has 0 aliphatic carbocycles. The van der Waals surface area contributed by atoms with Gasteiger partial charge >= 0.3 is 0 Å². The third-order valence-corrected chi connectivity index (χ3v) is 2.53. The van der Waals surface area contributed by atoms with Crippen LogP contribution in [0.4, 0.5) is 18.9 Å². The van der Waals surface area contributed by atoms with Crippen LogP contribution in [0.15, 0.2) is 6.07 Å². The lowest BCUT2D eigenvalue weighted by Gasteiger charge is -2.11. The van der Waals surface area contributed by atoms with Crippen molar-refractivity contribution in [2.24, 2.45) is 5.92 Å². The van der Waals surface area contributed by atoms with E-state index in [4.69, 9.17) is 5.73 Å². The molecule has 0 aliphatic heterocycles. The molecule has 15 heavy (non-hydrogen) atoms. The molecule has 0 saturated heterocycles. The summed E-state index contributed by atoms with van der Waals surface area (Å²) in [4.78, 5) is 0. The van der Waals surface area contributed by atoms with E-state index in [1.807, 2.05) is 13.8 Å². The minimum atomic E-state index is -1.28. The van der Waals surface area contributed by atoms with Crippen molar-refractivity contribution in [3.63, 3.8) is 0 Å². The molecule has 1 atom stereocenters. The fourth-order valence-corrected chi connectivity index (χ4v) is 1.33. The Balaban J connectivity index is 3.09. The molecule has 0 spiro atoms. The van der Waals surface area contributed by atoms with Gasteiger partial charge in [-0.25, -0.2) is 13.2 Å². The number of anilines is 1. The maximum absolute atomic E-state index is 13.3. The highest BCUT2D eigenvalue weighted by molar-refractivity contribution is 5.44. The Morgan fingerprint density at radius 3 is 2.40 bits per heavy atom. The number of rotatable bonds is 3. The van der Waals surface area contributed by atoms with Gasteiger partial charge in [0.2, 0.25) is 0 Å². The van der Waals surface area contributed by atoms with Gasteiger partial charge in [0.25, 0.3) is 0 Å². The van der Waals surface area contributed by atoms with Crippen LogP contribution in [0.3, 0.4) is 0 Å². The minimum absolute atomic E-state index is 0.0496. The second kappa shape index (κ2) is 4.55. The van der Waals surface area contributed by atoms with Crippen LogP contribution >= 0.6 is 0 Å². The first-order chi connectivity index (χ1) is 6.97. The second-order valence-electron chi connectivity index (χ2n) is 3.78. The fourth-order valence-electron chi connectivity index (χ4n) is 1.33. The summed E-state index contributed by atoms with van der Waals surface area (Å²) in [5.41, 5.74) is 4.32. The Morgan fingerprint density at radius 1 is 1.27 bits per heavy atom. The van der Waals surface area contributed by atoms with Gasteiger partial charge in [0.1, 0.15) is 11.5 Å². The normalized spacial score (nSPS) is 12.9. The highest BCUT2D eigenvalue weighted by Gasteiger charge is 2.17. The van der Waals surface area contributed by atoms with Crippen molar-refractivity contribution in [3.8, 4) is 0 Å². The molecule has 0 saturated carbocycles. The molecular weight excluding hydrogens is 203 g/mol. The topological polar surface area (TPSA) is 26.0 Å². The summed E-state index contributed by atoms with van der Waals surface area (Å²) in [5, 5.41) is 0. The Labute approximate surface area is 87.1 Å². The number of hydrogen-bond acceptors (Lipinski definition) is 1. The molecular formula is C11H14F3N. The molecule has 0 amide bonds. The molecule has 1 nitrogen and oxygen atoms in total. The molecule has 0 aliphatic rings. The first-order valence-corrected chi connectivity index (χ1v) is 4.89. The van der Waals surface area contributed by atoms with Crippen molar-refractivity contribution >= 4 is 5.69 Å². The average Bonchev–Trinajstić information content (AvgIpc) is 2.22. The molecule has 1 unspecified atom stereocenters. The van der Waals surface area contributed by atoms with Crippen molar-refractivity contribution in [2.45, 2.75) is 26.7 Å². The highest BCUT2D eigenvalue weighted by atomic mass is 19.2. The van der Waals surface area contributed by atoms with Gasteiger partial charge in [-0.3, -0.25) is 0 Å². The van der Waals surface area contributed by atoms with Crippen molar-refractivity contribution in [1.82, 2.24) is 0 Å². The maximum atomic E-state index is 13.3. The fraction of sp³-hybridized carbons (Fsp3) is 0.455. The summed E-state index contributed by atoms with van der Waals surface area (Å²) in [6.45, 7) is 3.83. The summed E-state index contributed by atoms with van der Waals surface area (Å²) < 4.78 is 39.4. The average molecular weight is 217 g/mol. The number of nitrogens with two attached hydrogens (primary N) is 1. The van der Waals surface area contributed by atoms with Gasteiger partial charge < -0.3 is 5.73 Å². The number of halogens is 3. The first-order valence-electron chi connectivity index (χ1n) is 4.89. The molecule has 0 fully saturated rings. The zero-order valence-electron chi connectivity index (χ0n) is 8.78. The van der Waals surface area contributed by atoms with Crippen LogP contribution in [-0.2, 0) is 6.42 Å². The van der Waals surface area contributed by atoms with Crippen LogP contribution in [0.25, 0.3) is 0 Å². The molecule has 0 heterocycles. The van der Waals surface area contributed by atoms with E-state index in [1.165, 1.54) is 0 Å². The molecule has 1 aromatic carbocycles. The summed E-state index contributed by atoms with van der Waals surface area (Å²) in [6.07, 6.45) is 1.14. The monoisotopic (exact) mass is 217 g/mol. The summed E-state index contributed by atoms with van der Waals surface area (Å²) in [5.74, 6) is -3.03. The van der Waals surface area contributed by atoms with Gasteiger partial charge in [-0.15, -0.1) is 0 Å². The number of benzene rings is 1. The van der Waals surface area contributed by atoms with Crippen LogP contribution in [0, 0.1) is 23.4 Å². The lowest BCUT2D eigenvalue weighted by molar-refractivity contribution is 0.472. The van der Waals surface area contributed by atoms with Crippen molar-refractivity contribution in [3.05, 3.63) is 29.1 Å². The van der Waals surface area contributed by atoms with Gasteiger partial charge in [-0.1, -0.05) is 20.3 Å². The van der Waals surface area contributed by atoms with E-state index in [-0.39, 0.29) is 11.5 Å². The van der Waals surface area contributed by atoms with Gasteiger partial charge in [-0.05, 0) is 24.0 Å². The Bertz CT molecular complexity index is 363. The van der Waals surface area contributed by atoms with Gasteiger partial charge in [0.15, 0.2) is 11.6 Å². The molecule has 1 rings (SSSR count). The van der Waals surface area contributed by atoms with Crippen LogP contribution in [0.5, 0.6) is 0 Å². The van der Waals surface area contributed by atoms with E-state index in [2.05, 4.69) is 0 Å². The van der Waals surface area contributed by atoms with E-state index in [9.17, 15) is 13.2 Å². The van der Waals surface area contributed by atoms with Crippen molar-refractivity contribution in [1.29, 1.82) is 0 Å². The predicted molar refractivity (Wildman–Crippen MR) is 53.9 cm³/mol. The first kappa shape index (κ1) is 11.9. The highest BCUT2D eigenvalue weighted by Crippen LogP contribution is 2.24. The lowest BCUT2D eigenvalue weighted by Crippen LogP contribution is -2.06. The lowest BCUT2D eigenvalue weighted by atomic mass is 9.98. The van der Waals surface area contributed by atoms with Crippen LogP contribution in [0.2, 0.25) is 0 Å². The molecule has 1 aromatic rings. The van der Waals surface area contributed by atoms with Crippen molar-refractivity contribution < 1.29 is 13.2 Å². The molecule has 84 valence electrons. The van der Waals surface area contributed by atoms with E-state index < -0.39 is 23.1 Å². The van der Waals surface area contributed by atoms with Crippen LogP contribution < -0.4 is 5.73 Å². The molecule has 2 N–H and O–H groups in total. The molecule has 0 aromatic heterocycles. The van der Waals surface area contributed by atoms with E-state index in [0.29, 0.717) is 6.42 Å². The number of nitrogen functional groups attached to an aromatic ring is 1. The molecule has 4 heteroatoms. The third-order valence-electron chi connectivity index (χ3n) is 2.53. The van der Waals surface area contributed by atoms with Crippen molar-refractivity contribution in [2.75, 3.05) is 5.73 Å². The quantitative estimate of drug-likeness (QED) is 0.610. The standard InChI is InChI=1S/C11H14F3N/c1-3-6(2)4-7-5-8(12)11(15)10(14)9(7)13/h5-6H,3-4,15H2,1-2H3. The van der Waals surface area contributed by atoms with Gasteiger partial charge in [0, 0.05) is 0 Å². The van der Waals surface area contributed by atoms with E-state index in [1.54, 1.807) is 0 Å². The maximum Gasteiger partial charge on any atom is 0.184 e. The van der Waals surface area contributed by atoms with E-state index in [0.717, 1.165) is 12.5 Å². The Morgan fingerprint density at radius 2 is 1.87 bits per heavy atom. The minimum Gasteiger partial charge on any atom is -0.394 e. The summed E-state index contributed by atoms with van der Waals surface area (Å²) >= 11 is 0. The number of hydrogen-bond donors (Lipinski definition) is 1. The molecule has 0 radical (unpaired) electrons. The zero-order chi connectivity index (χ0) is 11.6. The van der Waals surface area contributed by atoms with E-state index >= 15 is 0 Å². The predicted octanol–water partition coefficient (Wildman–Crippen LogP) is 3.27. The Hall–Kier alpha value is -1.19. The van der Waals surface area contributed by atoms with Gasteiger partial charge in [0.05, 0.1) is 0 Å². The SMILES string of the molecule is CCC(C)Cc1cc(F)c(N)c(F)c1F. The van der Waals surface area contributed by atoms with Crippen LogP contribution in [-0.4, -0.2) is 0 Å². The largest absolute Gasteiger partial charge is 0.394 e.